The van der Waals surface area contributed by atoms with E-state index in [0.29, 0.717) is 47.3 Å². The summed E-state index contributed by atoms with van der Waals surface area (Å²) in [6, 6.07) is 21.4. The van der Waals surface area contributed by atoms with E-state index in [0.717, 1.165) is 5.75 Å². The molecule has 0 aliphatic carbocycles. The van der Waals surface area contributed by atoms with E-state index < -0.39 is 0 Å². The van der Waals surface area contributed by atoms with Gasteiger partial charge in [-0.15, -0.1) is 0 Å². The van der Waals surface area contributed by atoms with Crippen LogP contribution in [-0.4, -0.2) is 31.6 Å². The fourth-order valence-electron chi connectivity index (χ4n) is 3.26. The Morgan fingerprint density at radius 2 is 1.84 bits per heavy atom. The van der Waals surface area contributed by atoms with Crippen molar-refractivity contribution in [3.05, 3.63) is 83.4 Å². The van der Waals surface area contributed by atoms with Gasteiger partial charge in [-0.25, -0.2) is 0 Å². The molecule has 3 aromatic carbocycles. The van der Waals surface area contributed by atoms with Gasteiger partial charge >= 0.3 is 0 Å². The molecule has 0 radical (unpaired) electrons. The van der Waals surface area contributed by atoms with Crippen molar-refractivity contribution in [2.75, 3.05) is 30.0 Å². The summed E-state index contributed by atoms with van der Waals surface area (Å²) >= 11 is 5.88. The van der Waals surface area contributed by atoms with E-state index in [2.05, 4.69) is 5.32 Å². The van der Waals surface area contributed by atoms with Crippen LogP contribution in [-0.2, 0) is 4.79 Å². The molecule has 1 heterocycles. The van der Waals surface area contributed by atoms with Gasteiger partial charge in [0.1, 0.15) is 11.5 Å². The van der Waals surface area contributed by atoms with Crippen molar-refractivity contribution in [1.82, 2.24) is 0 Å². The number of ether oxygens (including phenoxy) is 2. The molecular weight excluding hydrogens is 416 g/mol. The Morgan fingerprint density at radius 1 is 1.06 bits per heavy atom. The molecule has 2 amide bonds. The molecule has 1 N–H and O–H groups in total. The minimum absolute atomic E-state index is 0.0109. The topological polar surface area (TPSA) is 67.9 Å². The zero-order valence-corrected chi connectivity index (χ0v) is 17.5. The summed E-state index contributed by atoms with van der Waals surface area (Å²) in [7, 11) is 0. The molecule has 7 heteroatoms. The van der Waals surface area contributed by atoms with Crippen molar-refractivity contribution in [2.24, 2.45) is 0 Å². The van der Waals surface area contributed by atoms with Crippen LogP contribution >= 0.6 is 11.6 Å². The van der Waals surface area contributed by atoms with Crippen molar-refractivity contribution in [1.29, 1.82) is 0 Å². The Hall–Kier alpha value is -3.51. The highest BCUT2D eigenvalue weighted by atomic mass is 35.5. The van der Waals surface area contributed by atoms with Crippen LogP contribution in [0, 0.1) is 0 Å². The number of fused-ring (bicyclic) bond motifs is 1. The number of halogens is 1. The summed E-state index contributed by atoms with van der Waals surface area (Å²) in [6.45, 7) is 0.955. The van der Waals surface area contributed by atoms with Gasteiger partial charge in [0.25, 0.3) is 11.8 Å². The predicted molar refractivity (Wildman–Crippen MR) is 120 cm³/mol. The number of carbonyl (C=O) groups is 2. The molecule has 0 saturated carbocycles. The minimum atomic E-state index is -0.262. The Kier molecular flexibility index (Phi) is 6.38. The number of nitrogens with zero attached hydrogens (tertiary/aromatic N) is 1. The van der Waals surface area contributed by atoms with Crippen molar-refractivity contribution in [3.63, 3.8) is 0 Å². The Labute approximate surface area is 185 Å². The number of carbonyl (C=O) groups excluding carboxylic acids is 2. The lowest BCUT2D eigenvalue weighted by Gasteiger charge is -2.30. The maximum absolute atomic E-state index is 12.5. The number of nitrogens with one attached hydrogen (secondary N) is 1. The first-order valence-corrected chi connectivity index (χ1v) is 10.3. The Morgan fingerprint density at radius 3 is 2.61 bits per heavy atom. The van der Waals surface area contributed by atoms with Crippen molar-refractivity contribution < 1.29 is 19.1 Å². The van der Waals surface area contributed by atoms with Gasteiger partial charge in [-0.1, -0.05) is 29.8 Å². The minimum Gasteiger partial charge on any atom is -0.494 e. The van der Waals surface area contributed by atoms with Gasteiger partial charge in [0, 0.05) is 22.8 Å². The fraction of sp³-hybridized carbons (Fsp3) is 0.167. The second-order valence-corrected chi connectivity index (χ2v) is 7.43. The van der Waals surface area contributed by atoms with Gasteiger partial charge in [-0.2, -0.15) is 0 Å². The number of benzene rings is 3. The smallest absolute Gasteiger partial charge is 0.265 e. The highest BCUT2D eigenvalue weighted by molar-refractivity contribution is 6.30. The van der Waals surface area contributed by atoms with Crippen molar-refractivity contribution >= 4 is 34.8 Å². The van der Waals surface area contributed by atoms with Crippen LogP contribution in [0.4, 0.5) is 11.4 Å². The lowest BCUT2D eigenvalue weighted by Crippen LogP contribution is -2.39. The molecule has 0 unspecified atom stereocenters. The second kappa shape index (κ2) is 9.53. The summed E-state index contributed by atoms with van der Waals surface area (Å²) in [5.41, 5.74) is 1.69. The molecule has 1 aliphatic rings. The molecule has 0 aromatic heterocycles. The molecule has 158 valence electrons. The third-order valence-corrected chi connectivity index (χ3v) is 5.06. The highest BCUT2D eigenvalue weighted by Crippen LogP contribution is 2.35. The largest absolute Gasteiger partial charge is 0.494 e. The van der Waals surface area contributed by atoms with Crippen LogP contribution < -0.4 is 19.7 Å². The predicted octanol–water partition coefficient (Wildman–Crippen LogP) is 4.79. The Bertz CT molecular complexity index is 1070. The third-order valence-electron chi connectivity index (χ3n) is 4.80. The van der Waals surface area contributed by atoms with E-state index in [1.807, 2.05) is 30.3 Å². The quantitative estimate of drug-likeness (QED) is 0.541. The summed E-state index contributed by atoms with van der Waals surface area (Å²) in [6.07, 6.45) is 0.654. The molecule has 0 atom stereocenters. The maximum Gasteiger partial charge on any atom is 0.265 e. The average molecular weight is 437 g/mol. The lowest BCUT2D eigenvalue weighted by molar-refractivity contribution is -0.121. The molecule has 0 fully saturated rings. The van der Waals surface area contributed by atoms with Gasteiger partial charge in [-0.05, 0) is 61.0 Å². The second-order valence-electron chi connectivity index (χ2n) is 6.99. The van der Waals surface area contributed by atoms with E-state index in [-0.39, 0.29) is 18.4 Å². The molecule has 0 saturated heterocycles. The van der Waals surface area contributed by atoms with E-state index in [9.17, 15) is 9.59 Å². The SMILES string of the molecule is O=C(Nc1ccc2c(c1)N(CCCOc1ccccc1)C(=O)CO2)c1ccc(Cl)cc1. The van der Waals surface area contributed by atoms with Gasteiger partial charge in [0.05, 0.1) is 12.3 Å². The number of hydrogen-bond acceptors (Lipinski definition) is 4. The van der Waals surface area contributed by atoms with E-state index in [4.69, 9.17) is 21.1 Å². The molecule has 6 nitrogen and oxygen atoms in total. The average Bonchev–Trinajstić information content (AvgIpc) is 2.79. The molecule has 3 aromatic rings. The lowest BCUT2D eigenvalue weighted by atomic mass is 10.1. The monoisotopic (exact) mass is 436 g/mol. The van der Waals surface area contributed by atoms with E-state index in [1.165, 1.54) is 0 Å². The van der Waals surface area contributed by atoms with Crippen molar-refractivity contribution in [3.8, 4) is 11.5 Å². The van der Waals surface area contributed by atoms with Crippen LogP contribution in [0.25, 0.3) is 0 Å². The number of amides is 2. The van der Waals surface area contributed by atoms with E-state index >= 15 is 0 Å². The first-order valence-electron chi connectivity index (χ1n) is 9.92. The molecule has 0 spiro atoms. The molecule has 1 aliphatic heterocycles. The zero-order chi connectivity index (χ0) is 21.6. The van der Waals surface area contributed by atoms with Gasteiger partial charge < -0.3 is 19.7 Å². The van der Waals surface area contributed by atoms with Crippen LogP contribution in [0.3, 0.4) is 0 Å². The van der Waals surface area contributed by atoms with Crippen LogP contribution in [0.1, 0.15) is 16.8 Å². The first-order chi connectivity index (χ1) is 15.1. The summed E-state index contributed by atoms with van der Waals surface area (Å²) in [5, 5.41) is 3.41. The molecular formula is C24H21ClN2O4. The zero-order valence-electron chi connectivity index (χ0n) is 16.7. The highest BCUT2D eigenvalue weighted by Gasteiger charge is 2.25. The number of para-hydroxylation sites is 1. The molecule has 31 heavy (non-hydrogen) atoms. The van der Waals surface area contributed by atoms with Crippen molar-refractivity contribution in [2.45, 2.75) is 6.42 Å². The number of rotatable bonds is 7. The van der Waals surface area contributed by atoms with Crippen LogP contribution in [0.5, 0.6) is 11.5 Å². The van der Waals surface area contributed by atoms with E-state index in [1.54, 1.807) is 47.4 Å². The third kappa shape index (κ3) is 5.16. The van der Waals surface area contributed by atoms with Gasteiger partial charge in [0.15, 0.2) is 6.61 Å². The maximum atomic E-state index is 12.5. The molecule has 4 rings (SSSR count). The van der Waals surface area contributed by atoms with Crippen LogP contribution in [0.2, 0.25) is 5.02 Å². The van der Waals surface area contributed by atoms with Gasteiger partial charge in [-0.3, -0.25) is 9.59 Å². The number of anilines is 2. The summed E-state index contributed by atoms with van der Waals surface area (Å²) in [4.78, 5) is 26.6. The molecule has 0 bridgehead atoms. The Balaban J connectivity index is 1.43. The standard InChI is InChI=1S/C24H21ClN2O4/c25-18-9-7-17(8-10-18)24(29)26-19-11-12-22-21(15-19)27(23(28)16-31-22)13-4-14-30-20-5-2-1-3-6-20/h1-3,5-12,15H,4,13-14,16H2,(H,26,29). The summed E-state index contributed by atoms with van der Waals surface area (Å²) < 4.78 is 11.3. The fourth-order valence-corrected chi connectivity index (χ4v) is 3.38. The van der Waals surface area contributed by atoms with Gasteiger partial charge in [0.2, 0.25) is 0 Å². The summed E-state index contributed by atoms with van der Waals surface area (Å²) in [5.74, 6) is 1.01. The normalized spacial score (nSPS) is 12.7. The van der Waals surface area contributed by atoms with Crippen LogP contribution in [0.15, 0.2) is 72.8 Å². The first kappa shape index (κ1) is 20.8. The number of hydrogen-bond donors (Lipinski definition) is 1.